The highest BCUT2D eigenvalue weighted by Gasteiger charge is 2.52. The predicted molar refractivity (Wildman–Crippen MR) is 248 cm³/mol. The molecule has 13 nitrogen and oxygen atoms in total. The largest absolute Gasteiger partial charge is 0.416 e. The lowest BCUT2D eigenvalue weighted by molar-refractivity contribution is -0.145. The molecule has 4 aromatic carbocycles. The van der Waals surface area contributed by atoms with Crippen LogP contribution in [0.25, 0.3) is 9.69 Å². The Kier molecular flexibility index (Phi) is 15.9. The van der Waals surface area contributed by atoms with E-state index in [1.165, 1.54) is 35.6 Å². The van der Waals surface area contributed by atoms with Crippen molar-refractivity contribution in [1.82, 2.24) is 34.8 Å². The summed E-state index contributed by atoms with van der Waals surface area (Å²) in [6.45, 7) is 18.2. The molecule has 1 aliphatic carbocycles. The van der Waals surface area contributed by atoms with E-state index in [4.69, 9.17) is 22.6 Å². The van der Waals surface area contributed by atoms with Crippen LogP contribution in [0.3, 0.4) is 0 Å². The molecule has 76 heavy (non-hydrogen) atoms. The number of hydrogen-bond donors (Lipinski definition) is 3. The molecule has 0 spiro atoms. The molecule has 8 rings (SSSR count). The van der Waals surface area contributed by atoms with Crippen LogP contribution in [0, 0.1) is 13.1 Å². The summed E-state index contributed by atoms with van der Waals surface area (Å²) in [5.74, 6) is 0. The maximum absolute atomic E-state index is 13.3. The molecule has 404 valence electrons. The summed E-state index contributed by atoms with van der Waals surface area (Å²) in [6, 6.07) is 21.0. The molecule has 1 aliphatic heterocycles. The Balaban J connectivity index is 0.000000221. The molecule has 2 aliphatic rings. The fraction of sp³-hybridized carbons (Fsp3) is 0.412. The first-order valence-corrected chi connectivity index (χ1v) is 23.3. The van der Waals surface area contributed by atoms with Gasteiger partial charge in [0.1, 0.15) is 12.7 Å². The molecule has 0 bridgehead atoms. The molecule has 1 saturated carbocycles. The Bertz CT molecular complexity index is 2880. The van der Waals surface area contributed by atoms with E-state index in [1.54, 1.807) is 18.2 Å². The van der Waals surface area contributed by atoms with Crippen LogP contribution in [-0.4, -0.2) is 49.3 Å². The highest BCUT2D eigenvalue weighted by atomic mass is 19.4. The monoisotopic (exact) mass is 1080 g/mol. The summed E-state index contributed by atoms with van der Waals surface area (Å²) in [5.41, 5.74) is -9.62. The second-order valence-electron chi connectivity index (χ2n) is 18.8. The van der Waals surface area contributed by atoms with Crippen molar-refractivity contribution in [3.8, 4) is 0 Å². The lowest BCUT2D eigenvalue weighted by Gasteiger charge is -2.42. The van der Waals surface area contributed by atoms with Crippen molar-refractivity contribution >= 4 is 0 Å². The summed E-state index contributed by atoms with van der Waals surface area (Å²) in [4.78, 5) is 31.8. The number of aromatic amines is 2. The average Bonchev–Trinajstić information content (AvgIpc) is 4.05. The smallest absolute Gasteiger partial charge is 0.373 e. The number of ether oxygens (including phenoxy) is 2. The van der Waals surface area contributed by atoms with E-state index >= 15 is 0 Å². The molecule has 2 aromatic heterocycles. The van der Waals surface area contributed by atoms with Crippen molar-refractivity contribution in [2.24, 2.45) is 0 Å². The zero-order chi connectivity index (χ0) is 55.5. The summed E-state index contributed by atoms with van der Waals surface area (Å²) < 4.78 is 174. The van der Waals surface area contributed by atoms with Gasteiger partial charge in [-0.15, -0.1) is 0 Å². The van der Waals surface area contributed by atoms with Gasteiger partial charge in [0.2, 0.25) is 0 Å². The third kappa shape index (κ3) is 12.1. The molecule has 0 amide bonds. The minimum atomic E-state index is -4.97. The van der Waals surface area contributed by atoms with Crippen LogP contribution in [0.1, 0.15) is 109 Å². The number of aromatic nitrogens is 6. The quantitative estimate of drug-likeness (QED) is 0.0819. The van der Waals surface area contributed by atoms with E-state index in [9.17, 15) is 62.3 Å². The Morgan fingerprint density at radius 3 is 1.29 bits per heavy atom. The fourth-order valence-corrected chi connectivity index (χ4v) is 9.57. The van der Waals surface area contributed by atoms with Gasteiger partial charge in [-0.1, -0.05) is 60.7 Å². The van der Waals surface area contributed by atoms with Gasteiger partial charge >= 0.3 is 47.4 Å². The second-order valence-corrected chi connectivity index (χ2v) is 18.8. The Hall–Kier alpha value is -7.22. The maximum Gasteiger partial charge on any atom is 0.416 e. The van der Waals surface area contributed by atoms with Crippen LogP contribution in [0.2, 0.25) is 0 Å². The van der Waals surface area contributed by atoms with E-state index in [-0.39, 0.29) is 68.7 Å². The van der Waals surface area contributed by atoms with Crippen molar-refractivity contribution in [3.05, 3.63) is 198 Å². The lowest BCUT2D eigenvalue weighted by atomic mass is 9.67. The molecule has 2 fully saturated rings. The summed E-state index contributed by atoms with van der Waals surface area (Å²) in [5, 5.41) is 15.3. The molecule has 0 radical (unpaired) electrons. The number of piperidine rings is 1. The molecule has 25 heteroatoms. The zero-order valence-corrected chi connectivity index (χ0v) is 40.3. The number of nitrogens with zero attached hydrogens (tertiary/aromatic N) is 6. The molecule has 0 unspecified atom stereocenters. The SMILES string of the molecule is [C-]#[N+]C1(n2cn[nH]c2=O)CCC(CO[C@H](C)c2cc(C(F)(F)F)cc(C(F)(F)F)c2)(c2ccccc2)CC1.[C-]#[N+][C@]1(n2cn[nH]c2=O)CC[C@@](CO[C@H](C)c2cc(C(F)(F)F)cc(C(F)(F)F)c2)(c2ccccc2)NC1. The highest BCUT2D eigenvalue weighted by molar-refractivity contribution is 5.37. The number of H-pyrrole nitrogens is 2. The second kappa shape index (κ2) is 21.4. The maximum atomic E-state index is 13.3. The topological polar surface area (TPSA) is 141 Å². The highest BCUT2D eigenvalue weighted by Crippen LogP contribution is 2.48. The van der Waals surface area contributed by atoms with Crippen LogP contribution in [-0.2, 0) is 56.5 Å². The first-order chi connectivity index (χ1) is 35.6. The van der Waals surface area contributed by atoms with Gasteiger partial charge in [-0.25, -0.2) is 42.1 Å². The number of benzene rings is 4. The molecular formula is C51H47F12N9O4. The number of alkyl halides is 12. The molecule has 3 heterocycles. The van der Waals surface area contributed by atoms with Gasteiger partial charge in [-0.3, -0.25) is 15.0 Å². The minimum absolute atomic E-state index is 0.00978. The van der Waals surface area contributed by atoms with Gasteiger partial charge in [0.25, 0.3) is 0 Å². The average molecular weight is 1080 g/mol. The Morgan fingerprint density at radius 1 is 0.553 bits per heavy atom. The fourth-order valence-electron chi connectivity index (χ4n) is 9.57. The van der Waals surface area contributed by atoms with E-state index in [1.807, 2.05) is 42.5 Å². The van der Waals surface area contributed by atoms with Crippen molar-refractivity contribution in [1.29, 1.82) is 0 Å². The van der Waals surface area contributed by atoms with Gasteiger partial charge in [0.05, 0.1) is 66.2 Å². The van der Waals surface area contributed by atoms with Crippen LogP contribution in [0.15, 0.2) is 119 Å². The first-order valence-electron chi connectivity index (χ1n) is 23.3. The minimum Gasteiger partial charge on any atom is -0.373 e. The summed E-state index contributed by atoms with van der Waals surface area (Å²) >= 11 is 0. The van der Waals surface area contributed by atoms with Gasteiger partial charge < -0.3 is 9.47 Å². The van der Waals surface area contributed by atoms with E-state index < -0.39 is 92.8 Å². The van der Waals surface area contributed by atoms with Crippen molar-refractivity contribution in [2.75, 3.05) is 19.8 Å². The molecule has 6 aromatic rings. The standard InChI is InChI=1S/C26H24F6N4O2.C25H23F6N5O2/c1-17(18-12-20(25(27,28)29)14-21(13-18)26(30,31)32)38-15-23(19-6-4-3-5-7-19)8-10-24(33-2,11-9-23)36-16-34-35-22(36)37;1-16(17-10-19(24(26,27)28)12-20(11-17)25(29,30)31)38-14-22(18-6-4-3-5-7-18)8-9-23(32-2,13-33-22)36-15-34-35-21(36)37/h3-7,12-14,16-17H,8-11,15H2,1H3,(H,35,37);3-7,10-12,15-16,33H,8-9,13-14H2,1H3,(H,35,37)/t17-,23?,24?;16-,22-,23+/m11/s1. The number of rotatable bonds is 12. The Labute approximate surface area is 425 Å². The van der Waals surface area contributed by atoms with Crippen LogP contribution < -0.4 is 16.7 Å². The lowest BCUT2D eigenvalue weighted by Crippen LogP contribution is -2.59. The predicted octanol–water partition coefficient (Wildman–Crippen LogP) is 11.7. The first kappa shape index (κ1) is 56.5. The summed E-state index contributed by atoms with van der Waals surface area (Å²) in [7, 11) is 0. The van der Waals surface area contributed by atoms with Crippen LogP contribution >= 0.6 is 0 Å². The molecule has 1 saturated heterocycles. The van der Waals surface area contributed by atoms with Crippen molar-refractivity contribution in [2.45, 2.75) is 112 Å². The van der Waals surface area contributed by atoms with E-state index in [0.29, 0.717) is 37.1 Å². The normalized spacial score (nSPS) is 23.1. The van der Waals surface area contributed by atoms with E-state index in [0.717, 1.165) is 11.1 Å². The third-order valence-electron chi connectivity index (χ3n) is 14.1. The van der Waals surface area contributed by atoms with Crippen molar-refractivity contribution in [3.63, 3.8) is 0 Å². The van der Waals surface area contributed by atoms with Crippen molar-refractivity contribution < 1.29 is 62.2 Å². The molecule has 4 atom stereocenters. The van der Waals surface area contributed by atoms with E-state index in [2.05, 4.69) is 35.4 Å². The van der Waals surface area contributed by atoms with Gasteiger partial charge in [-0.2, -0.15) is 62.9 Å². The van der Waals surface area contributed by atoms with Gasteiger partial charge in [0.15, 0.2) is 0 Å². The third-order valence-corrected chi connectivity index (χ3v) is 14.1. The van der Waals surface area contributed by atoms with Gasteiger partial charge in [0, 0.05) is 18.3 Å². The summed E-state index contributed by atoms with van der Waals surface area (Å²) in [6.07, 6.45) is -17.8. The number of halogens is 12. The Morgan fingerprint density at radius 2 is 0.934 bits per heavy atom. The molecule has 3 N–H and O–H groups in total. The zero-order valence-electron chi connectivity index (χ0n) is 40.3. The number of nitrogens with one attached hydrogen (secondary N) is 3. The van der Waals surface area contributed by atoms with Crippen LogP contribution in [0.5, 0.6) is 0 Å². The van der Waals surface area contributed by atoms with Gasteiger partial charge in [-0.05, 0) is 91.8 Å². The molecular weight excluding hydrogens is 1030 g/mol. The van der Waals surface area contributed by atoms with Crippen LogP contribution in [0.4, 0.5) is 52.7 Å². The number of hydrogen-bond acceptors (Lipinski definition) is 7.